The minimum atomic E-state index is -0.583. The normalized spacial score (nSPS) is 41.3. The van der Waals surface area contributed by atoms with Crippen molar-refractivity contribution in [3.8, 4) is 0 Å². The lowest BCUT2D eigenvalue weighted by Gasteiger charge is -2.26. The van der Waals surface area contributed by atoms with E-state index in [2.05, 4.69) is 0 Å². The second kappa shape index (κ2) is 2.97. The fourth-order valence-electron chi connectivity index (χ4n) is 1.70. The van der Waals surface area contributed by atoms with Crippen LogP contribution in [0, 0.1) is 0 Å². The van der Waals surface area contributed by atoms with E-state index in [-0.39, 0.29) is 24.9 Å². The summed E-state index contributed by atoms with van der Waals surface area (Å²) in [6, 6.07) is 0. The topological polar surface area (TPSA) is 47.9 Å². The van der Waals surface area contributed by atoms with Crippen molar-refractivity contribution >= 4 is 0 Å². The lowest BCUT2D eigenvalue weighted by atomic mass is 10.1. The van der Waals surface area contributed by atoms with Gasteiger partial charge in [0.05, 0.1) is 12.9 Å². The number of rotatable bonds is 1. The van der Waals surface area contributed by atoms with Crippen LogP contribution in [0.2, 0.25) is 0 Å². The number of aliphatic hydroxyl groups is 1. The van der Waals surface area contributed by atoms with Crippen LogP contribution in [0.25, 0.3) is 0 Å². The second-order valence-corrected chi connectivity index (χ2v) is 3.75. The molecule has 1 N–H and O–H groups in total. The fourth-order valence-corrected chi connectivity index (χ4v) is 1.70. The molecule has 4 heteroatoms. The largest absolute Gasteiger partial charge is 0.493 e. The zero-order valence-electron chi connectivity index (χ0n) is 7.77. The number of ether oxygens (including phenoxy) is 3. The lowest BCUT2D eigenvalue weighted by Crippen LogP contribution is -2.40. The Balaban J connectivity index is 2.14. The predicted octanol–water partition coefficient (Wildman–Crippen LogP) is 0.411. The van der Waals surface area contributed by atoms with E-state index in [4.69, 9.17) is 19.3 Å². The summed E-state index contributed by atoms with van der Waals surface area (Å²) in [6.07, 6.45) is 2.78. The van der Waals surface area contributed by atoms with E-state index in [0.717, 1.165) is 0 Å². The summed E-state index contributed by atoms with van der Waals surface area (Å²) < 4.78 is 16.4. The molecule has 1 saturated heterocycles. The van der Waals surface area contributed by atoms with Gasteiger partial charge in [0, 0.05) is 0 Å². The van der Waals surface area contributed by atoms with E-state index in [1.807, 2.05) is 19.9 Å². The number of hydrogen-bond acceptors (Lipinski definition) is 4. The standard InChI is InChI=1S/C9H14O4/c1-9(2)12-6-3-4-11-7(5-10)8(6)13-9/h3-4,6-8,10H,5H2,1-2H3. The Hall–Kier alpha value is -0.580. The molecule has 13 heavy (non-hydrogen) atoms. The first kappa shape index (κ1) is 8.99. The minimum Gasteiger partial charge on any atom is -0.493 e. The maximum Gasteiger partial charge on any atom is 0.164 e. The molecule has 1 fully saturated rings. The Kier molecular flexibility index (Phi) is 2.06. The Morgan fingerprint density at radius 1 is 1.38 bits per heavy atom. The maximum absolute atomic E-state index is 9.01. The van der Waals surface area contributed by atoms with Gasteiger partial charge in [0.15, 0.2) is 5.79 Å². The van der Waals surface area contributed by atoms with Gasteiger partial charge in [0.2, 0.25) is 0 Å². The molecule has 0 saturated carbocycles. The van der Waals surface area contributed by atoms with Crippen molar-refractivity contribution in [1.82, 2.24) is 0 Å². The Labute approximate surface area is 77.1 Å². The van der Waals surface area contributed by atoms with Crippen molar-refractivity contribution < 1.29 is 19.3 Å². The summed E-state index contributed by atoms with van der Waals surface area (Å²) in [6.45, 7) is 3.66. The van der Waals surface area contributed by atoms with E-state index in [1.54, 1.807) is 6.26 Å². The highest BCUT2D eigenvalue weighted by Crippen LogP contribution is 2.33. The number of aliphatic hydroxyl groups excluding tert-OH is 1. The monoisotopic (exact) mass is 186 g/mol. The van der Waals surface area contributed by atoms with Crippen molar-refractivity contribution in [3.63, 3.8) is 0 Å². The summed E-state index contributed by atoms with van der Waals surface area (Å²) in [4.78, 5) is 0. The molecule has 0 aromatic heterocycles. The van der Waals surface area contributed by atoms with Gasteiger partial charge < -0.3 is 19.3 Å². The van der Waals surface area contributed by atoms with Gasteiger partial charge >= 0.3 is 0 Å². The third-order valence-corrected chi connectivity index (χ3v) is 2.23. The first-order valence-electron chi connectivity index (χ1n) is 4.41. The molecule has 2 aliphatic heterocycles. The molecule has 2 heterocycles. The molecule has 0 spiro atoms. The minimum absolute atomic E-state index is 0.0506. The van der Waals surface area contributed by atoms with Crippen molar-refractivity contribution in [1.29, 1.82) is 0 Å². The summed E-state index contributed by atoms with van der Waals surface area (Å²) in [5.41, 5.74) is 0. The third kappa shape index (κ3) is 1.57. The number of fused-ring (bicyclic) bond motifs is 1. The molecule has 0 bridgehead atoms. The molecule has 2 rings (SSSR count). The van der Waals surface area contributed by atoms with Crippen LogP contribution >= 0.6 is 0 Å². The summed E-state index contributed by atoms with van der Waals surface area (Å²) in [5, 5.41) is 9.01. The molecule has 0 aromatic carbocycles. The quantitative estimate of drug-likeness (QED) is 0.644. The van der Waals surface area contributed by atoms with Crippen LogP contribution in [0.3, 0.4) is 0 Å². The van der Waals surface area contributed by atoms with Crippen LogP contribution in [-0.4, -0.2) is 35.8 Å². The van der Waals surface area contributed by atoms with E-state index >= 15 is 0 Å². The van der Waals surface area contributed by atoms with Crippen molar-refractivity contribution in [2.75, 3.05) is 6.61 Å². The van der Waals surface area contributed by atoms with Crippen molar-refractivity contribution in [2.45, 2.75) is 37.9 Å². The van der Waals surface area contributed by atoms with Gasteiger partial charge in [-0.05, 0) is 19.9 Å². The van der Waals surface area contributed by atoms with Gasteiger partial charge in [-0.2, -0.15) is 0 Å². The smallest absolute Gasteiger partial charge is 0.164 e. The van der Waals surface area contributed by atoms with E-state index in [1.165, 1.54) is 0 Å². The third-order valence-electron chi connectivity index (χ3n) is 2.23. The molecule has 2 aliphatic rings. The number of hydrogen-bond donors (Lipinski definition) is 1. The average Bonchev–Trinajstić information content (AvgIpc) is 2.37. The predicted molar refractivity (Wildman–Crippen MR) is 44.9 cm³/mol. The van der Waals surface area contributed by atoms with Gasteiger partial charge in [-0.1, -0.05) is 0 Å². The molecule has 0 aromatic rings. The SMILES string of the molecule is CC1(C)OC2C=COC(CO)C2O1. The first-order chi connectivity index (χ1) is 6.12. The Bertz CT molecular complexity index is 224. The molecular weight excluding hydrogens is 172 g/mol. The molecule has 4 nitrogen and oxygen atoms in total. The van der Waals surface area contributed by atoms with Crippen LogP contribution in [0.5, 0.6) is 0 Å². The lowest BCUT2D eigenvalue weighted by molar-refractivity contribution is -0.154. The highest BCUT2D eigenvalue weighted by Gasteiger charge is 2.46. The van der Waals surface area contributed by atoms with Gasteiger partial charge in [-0.3, -0.25) is 0 Å². The van der Waals surface area contributed by atoms with E-state index < -0.39 is 5.79 Å². The maximum atomic E-state index is 9.01. The van der Waals surface area contributed by atoms with Crippen LogP contribution in [0.15, 0.2) is 12.3 Å². The molecule has 3 unspecified atom stereocenters. The second-order valence-electron chi connectivity index (χ2n) is 3.75. The van der Waals surface area contributed by atoms with Crippen molar-refractivity contribution in [3.05, 3.63) is 12.3 Å². The summed E-state index contributed by atoms with van der Waals surface area (Å²) in [5.74, 6) is -0.583. The van der Waals surface area contributed by atoms with Crippen molar-refractivity contribution in [2.24, 2.45) is 0 Å². The molecule has 3 atom stereocenters. The van der Waals surface area contributed by atoms with E-state index in [0.29, 0.717) is 0 Å². The Morgan fingerprint density at radius 2 is 2.15 bits per heavy atom. The summed E-state index contributed by atoms with van der Waals surface area (Å²) in [7, 11) is 0. The van der Waals surface area contributed by atoms with Gasteiger partial charge in [0.1, 0.15) is 18.3 Å². The highest BCUT2D eigenvalue weighted by molar-refractivity contribution is 5.02. The molecule has 74 valence electrons. The summed E-state index contributed by atoms with van der Waals surface area (Å²) >= 11 is 0. The molecule has 0 radical (unpaired) electrons. The fraction of sp³-hybridized carbons (Fsp3) is 0.778. The van der Waals surface area contributed by atoms with Crippen LogP contribution < -0.4 is 0 Å². The van der Waals surface area contributed by atoms with E-state index in [9.17, 15) is 0 Å². The van der Waals surface area contributed by atoms with Gasteiger partial charge in [-0.15, -0.1) is 0 Å². The van der Waals surface area contributed by atoms with Crippen LogP contribution in [0.1, 0.15) is 13.8 Å². The zero-order valence-corrected chi connectivity index (χ0v) is 7.77. The van der Waals surface area contributed by atoms with Crippen LogP contribution in [-0.2, 0) is 14.2 Å². The highest BCUT2D eigenvalue weighted by atomic mass is 16.8. The first-order valence-corrected chi connectivity index (χ1v) is 4.41. The van der Waals surface area contributed by atoms with Crippen LogP contribution in [0.4, 0.5) is 0 Å². The molecule has 0 aliphatic carbocycles. The Morgan fingerprint density at radius 3 is 2.85 bits per heavy atom. The van der Waals surface area contributed by atoms with Gasteiger partial charge in [-0.25, -0.2) is 0 Å². The van der Waals surface area contributed by atoms with Gasteiger partial charge in [0.25, 0.3) is 0 Å². The average molecular weight is 186 g/mol. The molecular formula is C9H14O4. The molecule has 0 amide bonds. The zero-order chi connectivity index (χ0) is 9.47.